The summed E-state index contributed by atoms with van der Waals surface area (Å²) in [7, 11) is 0. The lowest BCUT2D eigenvalue weighted by molar-refractivity contribution is 0.530. The first-order valence-electron chi connectivity index (χ1n) is 4.12. The molecule has 0 bridgehead atoms. The van der Waals surface area contributed by atoms with Crippen molar-refractivity contribution < 1.29 is 4.42 Å². The summed E-state index contributed by atoms with van der Waals surface area (Å²) < 4.78 is 6.26. The lowest BCUT2D eigenvalue weighted by Gasteiger charge is -2.00. The lowest BCUT2D eigenvalue weighted by Crippen LogP contribution is -1.81. The highest BCUT2D eigenvalue weighted by Gasteiger charge is 2.02. The average molecular weight is 270 g/mol. The number of halogens is 1. The molecule has 72 valence electrons. The van der Waals surface area contributed by atoms with Gasteiger partial charge in [-0.1, -0.05) is 11.8 Å². The molecular weight excluding hydrogens is 262 g/mol. The van der Waals surface area contributed by atoms with E-state index in [1.165, 1.54) is 0 Å². The molecule has 0 unspecified atom stereocenters. The molecule has 0 saturated carbocycles. The van der Waals surface area contributed by atoms with Gasteiger partial charge in [0, 0.05) is 10.7 Å². The van der Waals surface area contributed by atoms with Gasteiger partial charge in [0.25, 0.3) is 0 Å². The molecule has 0 atom stereocenters. The third-order valence-corrected chi connectivity index (χ3v) is 3.59. The molecule has 2 aromatic rings. The van der Waals surface area contributed by atoms with Crippen molar-refractivity contribution in [2.75, 3.05) is 0 Å². The molecule has 14 heavy (non-hydrogen) atoms. The Hall–Kier alpha value is -0.740. The number of thioether (sulfide) groups is 1. The Kier molecular flexibility index (Phi) is 3.26. The van der Waals surface area contributed by atoms with E-state index in [0.29, 0.717) is 0 Å². The van der Waals surface area contributed by atoms with Crippen molar-refractivity contribution in [1.82, 2.24) is 4.98 Å². The molecule has 2 aromatic heterocycles. The normalized spacial score (nSPS) is 10.4. The molecule has 0 N–H and O–H groups in total. The van der Waals surface area contributed by atoms with Crippen molar-refractivity contribution in [3.05, 3.63) is 47.0 Å². The summed E-state index contributed by atoms with van der Waals surface area (Å²) in [5.41, 5.74) is 0. The third kappa shape index (κ3) is 2.39. The SMILES string of the molecule is Brc1cccnc1SCc1ccco1. The van der Waals surface area contributed by atoms with Crippen LogP contribution < -0.4 is 0 Å². The van der Waals surface area contributed by atoms with Crippen molar-refractivity contribution in [3.8, 4) is 0 Å². The van der Waals surface area contributed by atoms with Crippen molar-refractivity contribution in [3.63, 3.8) is 0 Å². The molecule has 0 spiro atoms. The summed E-state index contributed by atoms with van der Waals surface area (Å²) in [5, 5.41) is 0.990. The Labute approximate surface area is 94.9 Å². The highest BCUT2D eigenvalue weighted by molar-refractivity contribution is 9.10. The van der Waals surface area contributed by atoms with Crippen LogP contribution in [0.4, 0.5) is 0 Å². The maximum Gasteiger partial charge on any atom is 0.114 e. The zero-order valence-electron chi connectivity index (χ0n) is 7.31. The Bertz CT molecular complexity index is 402. The van der Waals surface area contributed by atoms with E-state index in [2.05, 4.69) is 20.9 Å². The minimum absolute atomic E-state index is 0.808. The van der Waals surface area contributed by atoms with Gasteiger partial charge in [-0.25, -0.2) is 4.98 Å². The van der Waals surface area contributed by atoms with Crippen LogP contribution in [0.5, 0.6) is 0 Å². The van der Waals surface area contributed by atoms with E-state index in [0.717, 1.165) is 21.0 Å². The Morgan fingerprint density at radius 1 is 1.36 bits per heavy atom. The van der Waals surface area contributed by atoms with Crippen molar-refractivity contribution in [2.45, 2.75) is 10.8 Å². The first-order valence-corrected chi connectivity index (χ1v) is 5.90. The molecule has 0 aromatic carbocycles. The van der Waals surface area contributed by atoms with Gasteiger partial charge in [-0.05, 0) is 40.2 Å². The smallest absolute Gasteiger partial charge is 0.114 e. The second kappa shape index (κ2) is 4.66. The third-order valence-electron chi connectivity index (χ3n) is 1.66. The minimum Gasteiger partial charge on any atom is -0.468 e. The van der Waals surface area contributed by atoms with Crippen molar-refractivity contribution >= 4 is 27.7 Å². The minimum atomic E-state index is 0.808. The zero-order valence-corrected chi connectivity index (χ0v) is 9.72. The molecule has 0 fully saturated rings. The predicted octanol–water partition coefficient (Wildman–Crippen LogP) is 3.73. The molecule has 2 rings (SSSR count). The fraction of sp³-hybridized carbons (Fsp3) is 0.100. The number of hydrogen-bond acceptors (Lipinski definition) is 3. The van der Waals surface area contributed by atoms with Gasteiger partial charge >= 0.3 is 0 Å². The van der Waals surface area contributed by atoms with Crippen LogP contribution in [0.1, 0.15) is 5.76 Å². The monoisotopic (exact) mass is 269 g/mol. The number of aromatic nitrogens is 1. The van der Waals surface area contributed by atoms with Crippen LogP contribution in [-0.2, 0) is 5.75 Å². The van der Waals surface area contributed by atoms with Gasteiger partial charge in [-0.2, -0.15) is 0 Å². The Balaban J connectivity index is 2.02. The molecule has 2 heterocycles. The van der Waals surface area contributed by atoms with Gasteiger partial charge in [-0.3, -0.25) is 0 Å². The van der Waals surface area contributed by atoms with Crippen molar-refractivity contribution in [2.24, 2.45) is 0 Å². The van der Waals surface area contributed by atoms with Crippen LogP contribution in [0, 0.1) is 0 Å². The van der Waals surface area contributed by atoms with Crippen LogP contribution in [-0.4, -0.2) is 4.98 Å². The van der Waals surface area contributed by atoms with Crippen LogP contribution in [0.25, 0.3) is 0 Å². The summed E-state index contributed by atoms with van der Waals surface area (Å²) in [5.74, 6) is 1.77. The molecule has 0 amide bonds. The number of nitrogens with zero attached hydrogens (tertiary/aromatic N) is 1. The number of hydrogen-bond donors (Lipinski definition) is 0. The molecule has 0 radical (unpaired) electrons. The van der Waals surface area contributed by atoms with E-state index in [4.69, 9.17) is 4.42 Å². The highest BCUT2D eigenvalue weighted by Crippen LogP contribution is 2.27. The van der Waals surface area contributed by atoms with Crippen LogP contribution in [0.3, 0.4) is 0 Å². The van der Waals surface area contributed by atoms with Gasteiger partial charge in [0.2, 0.25) is 0 Å². The highest BCUT2D eigenvalue weighted by atomic mass is 79.9. The first kappa shape index (κ1) is 9.80. The number of rotatable bonds is 3. The van der Waals surface area contributed by atoms with E-state index in [1.807, 2.05) is 24.3 Å². The zero-order chi connectivity index (χ0) is 9.80. The quantitative estimate of drug-likeness (QED) is 0.795. The fourth-order valence-corrected chi connectivity index (χ4v) is 2.39. The second-order valence-corrected chi connectivity index (χ2v) is 4.48. The molecular formula is C10H8BrNOS. The Morgan fingerprint density at radius 2 is 2.29 bits per heavy atom. The van der Waals surface area contributed by atoms with Crippen LogP contribution in [0.2, 0.25) is 0 Å². The van der Waals surface area contributed by atoms with Gasteiger partial charge in [0.15, 0.2) is 0 Å². The first-order chi connectivity index (χ1) is 6.86. The van der Waals surface area contributed by atoms with Gasteiger partial charge in [-0.15, -0.1) is 0 Å². The largest absolute Gasteiger partial charge is 0.468 e. The molecule has 0 aliphatic rings. The molecule has 0 aliphatic heterocycles. The average Bonchev–Trinajstić information content (AvgIpc) is 2.69. The summed E-state index contributed by atoms with van der Waals surface area (Å²) in [6.45, 7) is 0. The summed E-state index contributed by atoms with van der Waals surface area (Å²) in [4.78, 5) is 4.25. The van der Waals surface area contributed by atoms with Crippen molar-refractivity contribution in [1.29, 1.82) is 0 Å². The summed E-state index contributed by atoms with van der Waals surface area (Å²) in [6, 6.07) is 7.74. The number of pyridine rings is 1. The molecule has 0 aliphatic carbocycles. The predicted molar refractivity (Wildman–Crippen MR) is 60.2 cm³/mol. The van der Waals surface area contributed by atoms with E-state index in [1.54, 1.807) is 24.2 Å². The standard InChI is InChI=1S/C10H8BrNOS/c11-9-4-1-5-12-10(9)14-7-8-3-2-6-13-8/h1-6H,7H2. The van der Waals surface area contributed by atoms with Gasteiger partial charge in [0.05, 0.1) is 12.0 Å². The van der Waals surface area contributed by atoms with Crippen LogP contribution in [0.15, 0.2) is 50.6 Å². The molecule has 4 heteroatoms. The van der Waals surface area contributed by atoms with Gasteiger partial charge < -0.3 is 4.42 Å². The van der Waals surface area contributed by atoms with E-state index < -0.39 is 0 Å². The summed E-state index contributed by atoms with van der Waals surface area (Å²) >= 11 is 5.10. The van der Waals surface area contributed by atoms with Gasteiger partial charge in [0.1, 0.15) is 10.8 Å². The Morgan fingerprint density at radius 3 is 3.00 bits per heavy atom. The maximum atomic E-state index is 5.23. The van der Waals surface area contributed by atoms with E-state index in [9.17, 15) is 0 Å². The summed E-state index contributed by atoms with van der Waals surface area (Å²) in [6.07, 6.45) is 3.47. The van der Waals surface area contributed by atoms with Crippen LogP contribution >= 0.6 is 27.7 Å². The maximum absolute atomic E-state index is 5.23. The molecule has 2 nitrogen and oxygen atoms in total. The number of furan rings is 1. The van der Waals surface area contributed by atoms with E-state index >= 15 is 0 Å². The second-order valence-electron chi connectivity index (χ2n) is 2.66. The van der Waals surface area contributed by atoms with E-state index in [-0.39, 0.29) is 0 Å². The fourth-order valence-electron chi connectivity index (χ4n) is 1.01. The topological polar surface area (TPSA) is 26.0 Å². The molecule has 0 saturated heterocycles. The lowest BCUT2D eigenvalue weighted by atomic mass is 10.5.